The average Bonchev–Trinajstić information content (AvgIpc) is 2.96. The zero-order chi connectivity index (χ0) is 16.2. The maximum atomic E-state index is 5.57. The number of ether oxygens (including phenoxy) is 1. The number of methoxy groups -OCH3 is 1. The lowest BCUT2D eigenvalue weighted by atomic mass is 10.0. The van der Waals surface area contributed by atoms with E-state index in [4.69, 9.17) is 17.0 Å². The molecule has 0 radical (unpaired) electrons. The number of hydrogen-bond donors (Lipinski definition) is 1. The molecule has 0 spiro atoms. The Kier molecular flexibility index (Phi) is 5.07. The number of benzene rings is 1. The van der Waals surface area contributed by atoms with Crippen molar-refractivity contribution in [2.24, 2.45) is 0 Å². The zero-order valence-corrected chi connectivity index (χ0v) is 14.6. The summed E-state index contributed by atoms with van der Waals surface area (Å²) in [5, 5.41) is 8.50. The summed E-state index contributed by atoms with van der Waals surface area (Å²) in [7, 11) is 1.66. The Hall–Kier alpha value is -1.73. The minimum Gasteiger partial charge on any atom is -0.497 e. The van der Waals surface area contributed by atoms with Gasteiger partial charge in [0.2, 0.25) is 4.77 Å². The second-order valence-electron chi connectivity index (χ2n) is 6.04. The summed E-state index contributed by atoms with van der Waals surface area (Å²) < 4.78 is 9.38. The molecule has 1 fully saturated rings. The van der Waals surface area contributed by atoms with Crippen molar-refractivity contribution in [3.8, 4) is 11.4 Å². The lowest BCUT2D eigenvalue weighted by molar-refractivity contribution is -0.953. The molecule has 7 heteroatoms. The maximum Gasteiger partial charge on any atom is 0.225 e. The summed E-state index contributed by atoms with van der Waals surface area (Å²) in [5.41, 5.74) is 0.905. The van der Waals surface area contributed by atoms with Gasteiger partial charge in [0.1, 0.15) is 5.75 Å². The summed E-state index contributed by atoms with van der Waals surface area (Å²) >= 11 is 5.57. The number of quaternary nitrogens is 1. The van der Waals surface area contributed by atoms with Gasteiger partial charge in [-0.15, -0.1) is 0 Å². The van der Waals surface area contributed by atoms with Crippen LogP contribution in [-0.2, 0) is 6.67 Å². The summed E-state index contributed by atoms with van der Waals surface area (Å²) in [5.74, 6) is 0.816. The number of nitrogens with zero attached hydrogens (tertiary/aromatic N) is 4. The molecule has 1 aliphatic rings. The molecular formula is C16H24N5OS+. The van der Waals surface area contributed by atoms with Gasteiger partial charge in [-0.05, 0) is 72.6 Å². The fourth-order valence-corrected chi connectivity index (χ4v) is 3.55. The molecule has 2 atom stereocenters. The highest BCUT2D eigenvalue weighted by atomic mass is 32.1. The molecule has 2 heterocycles. The van der Waals surface area contributed by atoms with Gasteiger partial charge in [0.15, 0.2) is 6.67 Å². The van der Waals surface area contributed by atoms with E-state index in [0.29, 0.717) is 10.8 Å². The lowest BCUT2D eigenvalue weighted by Crippen LogP contribution is -3.15. The molecule has 2 aromatic rings. The molecule has 1 unspecified atom stereocenters. The summed E-state index contributed by atoms with van der Waals surface area (Å²) in [6, 6.07) is 8.39. The van der Waals surface area contributed by atoms with E-state index in [1.807, 2.05) is 28.9 Å². The fraction of sp³-hybridized carbons (Fsp3) is 0.562. The smallest absolute Gasteiger partial charge is 0.225 e. The predicted molar refractivity (Wildman–Crippen MR) is 90.5 cm³/mol. The van der Waals surface area contributed by atoms with E-state index in [2.05, 4.69) is 17.4 Å². The Bertz CT molecular complexity index is 693. The van der Waals surface area contributed by atoms with E-state index in [1.54, 1.807) is 16.7 Å². The van der Waals surface area contributed by atoms with Crippen LogP contribution in [0.4, 0.5) is 0 Å². The minimum atomic E-state index is 0.642. The van der Waals surface area contributed by atoms with Crippen LogP contribution >= 0.6 is 12.2 Å². The molecular weight excluding hydrogens is 310 g/mol. The molecule has 1 aliphatic heterocycles. The first kappa shape index (κ1) is 16.1. The summed E-state index contributed by atoms with van der Waals surface area (Å²) in [6.45, 7) is 4.26. The molecule has 1 N–H and O–H groups in total. The molecule has 124 valence electrons. The molecule has 3 rings (SSSR count). The Morgan fingerprint density at radius 3 is 2.74 bits per heavy atom. The molecule has 6 nitrogen and oxygen atoms in total. The van der Waals surface area contributed by atoms with Crippen LogP contribution in [0.15, 0.2) is 24.3 Å². The molecule has 0 saturated carbocycles. The van der Waals surface area contributed by atoms with Crippen LogP contribution in [0.5, 0.6) is 5.75 Å². The van der Waals surface area contributed by atoms with Crippen molar-refractivity contribution in [1.82, 2.24) is 19.8 Å². The van der Waals surface area contributed by atoms with Crippen LogP contribution in [0.2, 0.25) is 0 Å². The van der Waals surface area contributed by atoms with E-state index in [0.717, 1.165) is 18.1 Å². The van der Waals surface area contributed by atoms with Crippen molar-refractivity contribution in [2.45, 2.75) is 45.3 Å². The third-order valence-electron chi connectivity index (χ3n) is 4.68. The average molecular weight is 334 g/mol. The second-order valence-corrected chi connectivity index (χ2v) is 6.40. The topological polar surface area (TPSA) is 49.3 Å². The maximum absolute atomic E-state index is 5.57. The highest BCUT2D eigenvalue weighted by molar-refractivity contribution is 7.71. The van der Waals surface area contributed by atoms with Gasteiger partial charge in [-0.25, -0.2) is 0 Å². The van der Waals surface area contributed by atoms with E-state index in [1.165, 1.54) is 32.2 Å². The van der Waals surface area contributed by atoms with Crippen LogP contribution < -0.4 is 9.64 Å². The minimum absolute atomic E-state index is 0.642. The van der Waals surface area contributed by atoms with Gasteiger partial charge in [-0.1, -0.05) is 6.92 Å². The summed E-state index contributed by atoms with van der Waals surface area (Å²) in [4.78, 5) is 1.57. The summed E-state index contributed by atoms with van der Waals surface area (Å²) in [6.07, 6.45) is 5.12. The fourth-order valence-electron chi connectivity index (χ4n) is 3.30. The van der Waals surface area contributed by atoms with Gasteiger partial charge in [0.05, 0.1) is 25.4 Å². The van der Waals surface area contributed by atoms with Crippen LogP contribution in [0.1, 0.15) is 32.6 Å². The number of piperidine rings is 1. The molecule has 0 aliphatic carbocycles. The van der Waals surface area contributed by atoms with E-state index < -0.39 is 0 Å². The van der Waals surface area contributed by atoms with Crippen molar-refractivity contribution in [3.05, 3.63) is 29.0 Å². The van der Waals surface area contributed by atoms with Crippen molar-refractivity contribution in [3.63, 3.8) is 0 Å². The number of aromatic nitrogens is 4. The second kappa shape index (κ2) is 7.23. The SMILES string of the molecule is CC[C@@H]1CCCC[NH+]1Cn1nnn(-c2ccc(OC)cc2)c1=S. The molecule has 0 bridgehead atoms. The number of hydrogen-bond acceptors (Lipinski definition) is 4. The first-order valence-corrected chi connectivity index (χ1v) is 8.65. The number of nitrogens with one attached hydrogen (secondary N) is 1. The monoisotopic (exact) mass is 334 g/mol. The van der Waals surface area contributed by atoms with Gasteiger partial charge >= 0.3 is 0 Å². The van der Waals surface area contributed by atoms with Gasteiger partial charge in [-0.3, -0.25) is 0 Å². The van der Waals surface area contributed by atoms with Gasteiger partial charge < -0.3 is 9.64 Å². The van der Waals surface area contributed by atoms with Gasteiger partial charge in [0, 0.05) is 0 Å². The van der Waals surface area contributed by atoms with Crippen molar-refractivity contribution < 1.29 is 9.64 Å². The Morgan fingerprint density at radius 1 is 1.26 bits per heavy atom. The Morgan fingerprint density at radius 2 is 2.04 bits per heavy atom. The van der Waals surface area contributed by atoms with E-state index >= 15 is 0 Å². The zero-order valence-electron chi connectivity index (χ0n) is 13.7. The van der Waals surface area contributed by atoms with E-state index in [-0.39, 0.29) is 0 Å². The molecule has 1 aromatic carbocycles. The first-order chi connectivity index (χ1) is 11.2. The standard InChI is InChI=1S/C16H23N5OS/c1-3-13-6-4-5-11-19(13)12-20-16(23)21(18-17-20)14-7-9-15(22-2)10-8-14/h7-10,13H,3-6,11-12H2,1-2H3/p+1/t13-/m1/s1. The van der Waals surface area contributed by atoms with Crippen LogP contribution in [0.3, 0.4) is 0 Å². The van der Waals surface area contributed by atoms with E-state index in [9.17, 15) is 0 Å². The number of rotatable bonds is 5. The highest BCUT2D eigenvalue weighted by Gasteiger charge is 2.25. The lowest BCUT2D eigenvalue weighted by Gasteiger charge is -2.31. The van der Waals surface area contributed by atoms with Crippen LogP contribution in [0.25, 0.3) is 5.69 Å². The largest absolute Gasteiger partial charge is 0.497 e. The first-order valence-electron chi connectivity index (χ1n) is 8.24. The Balaban J connectivity index is 1.79. The van der Waals surface area contributed by atoms with Gasteiger partial charge in [0.25, 0.3) is 0 Å². The van der Waals surface area contributed by atoms with Crippen LogP contribution in [-0.4, -0.2) is 39.5 Å². The normalized spacial score (nSPS) is 21.3. The number of tetrazole rings is 1. The third-order valence-corrected chi connectivity index (χ3v) is 5.06. The number of likely N-dealkylation sites (tertiary alicyclic amines) is 1. The molecule has 0 amide bonds. The Labute approximate surface area is 141 Å². The third kappa shape index (κ3) is 3.45. The quantitative estimate of drug-likeness (QED) is 0.844. The van der Waals surface area contributed by atoms with Crippen molar-refractivity contribution in [2.75, 3.05) is 13.7 Å². The molecule has 23 heavy (non-hydrogen) atoms. The van der Waals surface area contributed by atoms with Crippen molar-refractivity contribution in [1.29, 1.82) is 0 Å². The highest BCUT2D eigenvalue weighted by Crippen LogP contribution is 2.14. The molecule has 1 aromatic heterocycles. The predicted octanol–water partition coefficient (Wildman–Crippen LogP) is 1.61. The van der Waals surface area contributed by atoms with Crippen LogP contribution in [0, 0.1) is 4.77 Å². The van der Waals surface area contributed by atoms with Crippen molar-refractivity contribution >= 4 is 12.2 Å². The van der Waals surface area contributed by atoms with Gasteiger partial charge in [-0.2, -0.15) is 9.36 Å². The molecule has 1 saturated heterocycles.